The summed E-state index contributed by atoms with van der Waals surface area (Å²) in [6.07, 6.45) is 1.52. The molecule has 0 heterocycles. The van der Waals surface area contributed by atoms with E-state index in [-0.39, 0.29) is 5.57 Å². The van der Waals surface area contributed by atoms with Gasteiger partial charge in [0, 0.05) is 15.7 Å². The lowest BCUT2D eigenvalue weighted by atomic mass is 10.1. The number of amides is 1. The lowest BCUT2D eigenvalue weighted by molar-refractivity contribution is -0.112. The van der Waals surface area contributed by atoms with Crippen LogP contribution in [0.2, 0.25) is 10.0 Å². The summed E-state index contributed by atoms with van der Waals surface area (Å²) in [7, 11) is 0. The van der Waals surface area contributed by atoms with Gasteiger partial charge in [-0.2, -0.15) is 5.26 Å². The van der Waals surface area contributed by atoms with Crippen molar-refractivity contribution in [3.05, 3.63) is 69.7 Å². The van der Waals surface area contributed by atoms with Crippen molar-refractivity contribution in [2.45, 2.75) is 0 Å². The Labute approximate surface area is 132 Å². The second-order valence-electron chi connectivity index (χ2n) is 4.19. The molecular formula is C16H10Cl2N2O. The first kappa shape index (κ1) is 15.1. The van der Waals surface area contributed by atoms with Gasteiger partial charge in [-0.05, 0) is 29.8 Å². The maximum absolute atomic E-state index is 12.1. The third kappa shape index (κ3) is 4.35. The quantitative estimate of drug-likeness (QED) is 0.667. The lowest BCUT2D eigenvalue weighted by Crippen LogP contribution is -2.13. The molecule has 1 N–H and O–H groups in total. The Hall–Kier alpha value is -2.28. The van der Waals surface area contributed by atoms with Crippen LogP contribution in [-0.4, -0.2) is 5.91 Å². The largest absolute Gasteiger partial charge is 0.321 e. The molecule has 0 radical (unpaired) electrons. The number of nitrogens with one attached hydrogen (secondary N) is 1. The van der Waals surface area contributed by atoms with E-state index >= 15 is 0 Å². The lowest BCUT2D eigenvalue weighted by Gasteiger charge is -2.05. The number of carbonyl (C=O) groups is 1. The summed E-state index contributed by atoms with van der Waals surface area (Å²) in [6, 6.07) is 15.7. The first-order valence-corrected chi connectivity index (χ1v) is 6.78. The average molecular weight is 317 g/mol. The number of nitrogens with zero attached hydrogens (tertiary/aromatic N) is 1. The van der Waals surface area contributed by atoms with Crippen molar-refractivity contribution >= 4 is 40.9 Å². The molecule has 0 aliphatic carbocycles. The summed E-state index contributed by atoms with van der Waals surface area (Å²) >= 11 is 11.7. The van der Waals surface area contributed by atoms with Crippen molar-refractivity contribution in [2.24, 2.45) is 0 Å². The second kappa shape index (κ2) is 6.94. The molecule has 0 fully saturated rings. The Balaban J connectivity index is 2.22. The van der Waals surface area contributed by atoms with Crippen molar-refractivity contribution in [2.75, 3.05) is 5.32 Å². The van der Waals surface area contributed by atoms with Gasteiger partial charge in [-0.15, -0.1) is 0 Å². The summed E-state index contributed by atoms with van der Waals surface area (Å²) in [5.41, 5.74) is 1.21. The van der Waals surface area contributed by atoms with Crippen molar-refractivity contribution in [3.63, 3.8) is 0 Å². The van der Waals surface area contributed by atoms with Crippen molar-refractivity contribution < 1.29 is 4.79 Å². The molecule has 104 valence electrons. The van der Waals surface area contributed by atoms with Gasteiger partial charge < -0.3 is 5.32 Å². The van der Waals surface area contributed by atoms with Gasteiger partial charge in [-0.3, -0.25) is 4.79 Å². The van der Waals surface area contributed by atoms with Crippen LogP contribution < -0.4 is 5.32 Å². The monoisotopic (exact) mass is 316 g/mol. The molecule has 0 bridgehead atoms. The van der Waals surface area contributed by atoms with Crippen LogP contribution in [0.15, 0.2) is 54.1 Å². The maximum atomic E-state index is 12.1. The van der Waals surface area contributed by atoms with Gasteiger partial charge >= 0.3 is 0 Å². The van der Waals surface area contributed by atoms with Crippen LogP contribution in [0, 0.1) is 11.3 Å². The Kier molecular flexibility index (Phi) is 4.99. The maximum Gasteiger partial charge on any atom is 0.266 e. The third-order valence-electron chi connectivity index (χ3n) is 2.60. The zero-order valence-electron chi connectivity index (χ0n) is 10.8. The number of anilines is 1. The fourth-order valence-corrected chi connectivity index (χ4v) is 2.21. The summed E-state index contributed by atoms with van der Waals surface area (Å²) in [4.78, 5) is 12.1. The van der Waals surface area contributed by atoms with E-state index in [0.717, 1.165) is 5.56 Å². The normalized spacial score (nSPS) is 10.8. The van der Waals surface area contributed by atoms with E-state index in [0.29, 0.717) is 15.7 Å². The fourth-order valence-electron chi connectivity index (χ4n) is 1.69. The van der Waals surface area contributed by atoms with Crippen LogP contribution in [0.3, 0.4) is 0 Å². The Morgan fingerprint density at radius 3 is 2.29 bits per heavy atom. The molecule has 0 saturated carbocycles. The molecule has 0 aliphatic rings. The number of halogens is 2. The van der Waals surface area contributed by atoms with Gasteiger partial charge in [-0.25, -0.2) is 0 Å². The standard InChI is InChI=1S/C16H10Cl2N2O/c17-13-7-14(18)9-15(8-13)20-16(21)12(10-19)6-11-4-2-1-3-5-11/h1-9H,(H,20,21)/b12-6+. The number of carbonyl (C=O) groups excluding carboxylic acids is 1. The van der Waals surface area contributed by atoms with Crippen LogP contribution in [0.1, 0.15) is 5.56 Å². The highest BCUT2D eigenvalue weighted by Gasteiger charge is 2.10. The zero-order chi connectivity index (χ0) is 15.2. The van der Waals surface area contributed by atoms with E-state index < -0.39 is 5.91 Å². The summed E-state index contributed by atoms with van der Waals surface area (Å²) < 4.78 is 0. The number of benzene rings is 2. The van der Waals surface area contributed by atoms with E-state index in [1.807, 2.05) is 24.3 Å². The molecule has 0 unspecified atom stereocenters. The SMILES string of the molecule is N#C/C(=C\c1ccccc1)C(=O)Nc1cc(Cl)cc(Cl)c1. The van der Waals surface area contributed by atoms with Gasteiger partial charge in [0.2, 0.25) is 0 Å². The van der Waals surface area contributed by atoms with Crippen LogP contribution in [0.25, 0.3) is 6.08 Å². The highest BCUT2D eigenvalue weighted by molar-refractivity contribution is 6.35. The number of hydrogen-bond acceptors (Lipinski definition) is 2. The van der Waals surface area contributed by atoms with E-state index in [1.54, 1.807) is 30.3 Å². The number of rotatable bonds is 3. The van der Waals surface area contributed by atoms with Crippen LogP contribution in [-0.2, 0) is 4.79 Å². The molecule has 0 aromatic heterocycles. The first-order valence-electron chi connectivity index (χ1n) is 6.03. The molecule has 2 aromatic rings. The Bertz CT molecular complexity index is 713. The Morgan fingerprint density at radius 1 is 1.10 bits per heavy atom. The Morgan fingerprint density at radius 2 is 1.71 bits per heavy atom. The molecule has 0 saturated heterocycles. The van der Waals surface area contributed by atoms with Crippen LogP contribution in [0.5, 0.6) is 0 Å². The molecule has 1 amide bonds. The molecule has 5 heteroatoms. The van der Waals surface area contributed by atoms with Gasteiger partial charge in [0.15, 0.2) is 0 Å². The van der Waals surface area contributed by atoms with Crippen LogP contribution >= 0.6 is 23.2 Å². The topological polar surface area (TPSA) is 52.9 Å². The third-order valence-corrected chi connectivity index (χ3v) is 3.03. The summed E-state index contributed by atoms with van der Waals surface area (Å²) in [5.74, 6) is -0.514. The smallest absolute Gasteiger partial charge is 0.266 e. The first-order chi connectivity index (χ1) is 10.1. The van der Waals surface area contributed by atoms with Gasteiger partial charge in [0.1, 0.15) is 11.6 Å². The molecular weight excluding hydrogens is 307 g/mol. The molecule has 0 aliphatic heterocycles. The highest BCUT2D eigenvalue weighted by atomic mass is 35.5. The van der Waals surface area contributed by atoms with Crippen molar-refractivity contribution in [1.29, 1.82) is 5.26 Å². The minimum Gasteiger partial charge on any atom is -0.321 e. The molecule has 3 nitrogen and oxygen atoms in total. The van der Waals surface area contributed by atoms with Gasteiger partial charge in [0.05, 0.1) is 0 Å². The van der Waals surface area contributed by atoms with E-state index in [9.17, 15) is 4.79 Å². The summed E-state index contributed by atoms with van der Waals surface area (Å²) in [6.45, 7) is 0. The predicted octanol–water partition coefficient (Wildman–Crippen LogP) is 4.54. The van der Waals surface area contributed by atoms with E-state index in [2.05, 4.69) is 5.32 Å². The van der Waals surface area contributed by atoms with Crippen molar-refractivity contribution in [1.82, 2.24) is 0 Å². The number of nitriles is 1. The predicted molar refractivity (Wildman–Crippen MR) is 85.1 cm³/mol. The van der Waals surface area contributed by atoms with Gasteiger partial charge in [0.25, 0.3) is 5.91 Å². The molecule has 0 spiro atoms. The second-order valence-corrected chi connectivity index (χ2v) is 5.07. The molecule has 21 heavy (non-hydrogen) atoms. The molecule has 2 rings (SSSR count). The fraction of sp³-hybridized carbons (Fsp3) is 0. The van der Waals surface area contributed by atoms with Crippen LogP contribution in [0.4, 0.5) is 5.69 Å². The number of hydrogen-bond donors (Lipinski definition) is 1. The van der Waals surface area contributed by atoms with Gasteiger partial charge in [-0.1, -0.05) is 53.5 Å². The van der Waals surface area contributed by atoms with Crippen molar-refractivity contribution in [3.8, 4) is 6.07 Å². The minimum absolute atomic E-state index is 0.00250. The summed E-state index contributed by atoms with van der Waals surface area (Å²) in [5, 5.41) is 12.5. The minimum atomic E-state index is -0.514. The van der Waals surface area contributed by atoms with E-state index in [1.165, 1.54) is 6.08 Å². The van der Waals surface area contributed by atoms with E-state index in [4.69, 9.17) is 28.5 Å². The molecule has 2 aromatic carbocycles. The zero-order valence-corrected chi connectivity index (χ0v) is 12.3. The molecule has 0 atom stereocenters. The highest BCUT2D eigenvalue weighted by Crippen LogP contribution is 2.23. The average Bonchev–Trinajstić information content (AvgIpc) is 2.44.